The highest BCUT2D eigenvalue weighted by Crippen LogP contribution is 2.28. The highest BCUT2D eigenvalue weighted by molar-refractivity contribution is 9.10. The Morgan fingerprint density at radius 3 is 2.67 bits per heavy atom. The summed E-state index contributed by atoms with van der Waals surface area (Å²) < 4.78 is 1.09. The third kappa shape index (κ3) is 3.59. The van der Waals surface area contributed by atoms with Crippen LogP contribution < -0.4 is 0 Å². The van der Waals surface area contributed by atoms with Crippen molar-refractivity contribution in [3.63, 3.8) is 0 Å². The van der Waals surface area contributed by atoms with Crippen molar-refractivity contribution in [1.82, 2.24) is 9.88 Å². The number of H-pyrrole nitrogens is 1. The minimum absolute atomic E-state index is 0.684. The maximum absolute atomic E-state index is 3.52. The van der Waals surface area contributed by atoms with E-state index in [-0.39, 0.29) is 0 Å². The molecule has 0 aromatic carbocycles. The van der Waals surface area contributed by atoms with Crippen LogP contribution in [0.4, 0.5) is 0 Å². The topological polar surface area (TPSA) is 19.0 Å². The van der Waals surface area contributed by atoms with E-state index in [1.165, 1.54) is 37.1 Å². The number of rotatable bonds is 1. The molecule has 3 heteroatoms. The molecule has 0 atom stereocenters. The minimum atomic E-state index is 0.684. The van der Waals surface area contributed by atoms with E-state index in [0.717, 1.165) is 4.47 Å². The molecule has 2 heterocycles. The van der Waals surface area contributed by atoms with E-state index in [4.69, 9.17) is 0 Å². The zero-order valence-electron chi connectivity index (χ0n) is 11.1. The van der Waals surface area contributed by atoms with E-state index in [0.29, 0.717) is 5.92 Å². The molecule has 1 aliphatic heterocycles. The van der Waals surface area contributed by atoms with Crippen molar-refractivity contribution in [2.45, 2.75) is 25.7 Å². The number of nitrogens with one attached hydrogen (secondary N) is 1. The van der Waals surface area contributed by atoms with E-state index < -0.39 is 0 Å². The number of hydrogen-bond acceptors (Lipinski definition) is 1. The molecule has 0 bridgehead atoms. The van der Waals surface area contributed by atoms with Gasteiger partial charge in [-0.15, -0.1) is 0 Å². The van der Waals surface area contributed by atoms with Crippen molar-refractivity contribution in [3.8, 4) is 0 Å². The summed E-state index contributed by atoms with van der Waals surface area (Å²) >= 11 is 3.52. The average molecular weight is 309 g/mol. The second kappa shape index (κ2) is 6.39. The van der Waals surface area contributed by atoms with Gasteiger partial charge < -0.3 is 9.88 Å². The summed E-state index contributed by atoms with van der Waals surface area (Å²) in [5.74, 6) is 0.684. The second-order valence-electron chi connectivity index (χ2n) is 5.08. The second-order valence-corrected chi connectivity index (χ2v) is 5.99. The summed E-state index contributed by atoms with van der Waals surface area (Å²) in [5.41, 5.74) is 2.81. The Morgan fingerprint density at radius 2 is 1.94 bits per heavy atom. The van der Waals surface area contributed by atoms with Crippen molar-refractivity contribution in [2.75, 3.05) is 20.1 Å². The molecular formula is C15H21BrN2. The minimum Gasteiger partial charge on any atom is -0.367 e. The Labute approximate surface area is 118 Å². The Bertz CT molecular complexity index is 444. The van der Waals surface area contributed by atoms with Gasteiger partial charge in [-0.25, -0.2) is 0 Å². The SMILES string of the molecule is Cc1ccc(Br)cc[nH]cc1C1CCN(C)CC1. The van der Waals surface area contributed by atoms with Gasteiger partial charge in [0.25, 0.3) is 0 Å². The van der Waals surface area contributed by atoms with Crippen LogP contribution in [0.2, 0.25) is 0 Å². The van der Waals surface area contributed by atoms with Gasteiger partial charge in [0.1, 0.15) is 0 Å². The van der Waals surface area contributed by atoms with Gasteiger partial charge in [-0.05, 0) is 69.1 Å². The van der Waals surface area contributed by atoms with E-state index in [1.54, 1.807) is 0 Å². The summed E-state index contributed by atoms with van der Waals surface area (Å²) in [6.45, 7) is 4.60. The van der Waals surface area contributed by atoms with Crippen LogP contribution in [0.1, 0.15) is 29.9 Å². The molecule has 0 spiro atoms. The largest absolute Gasteiger partial charge is 0.367 e. The lowest BCUT2D eigenvalue weighted by Crippen LogP contribution is -2.29. The molecule has 98 valence electrons. The van der Waals surface area contributed by atoms with Gasteiger partial charge >= 0.3 is 0 Å². The third-order valence-corrected chi connectivity index (χ3v) is 4.21. The van der Waals surface area contributed by atoms with Gasteiger partial charge in [0.2, 0.25) is 0 Å². The predicted octanol–water partition coefficient (Wildman–Crippen LogP) is 4.02. The van der Waals surface area contributed by atoms with Crippen LogP contribution in [-0.4, -0.2) is 30.0 Å². The van der Waals surface area contributed by atoms with E-state index in [1.807, 2.05) is 12.3 Å². The molecule has 0 saturated carbocycles. The van der Waals surface area contributed by atoms with Gasteiger partial charge in [0, 0.05) is 16.9 Å². The Balaban J connectivity index is 2.33. The van der Waals surface area contributed by atoms with Crippen LogP contribution in [0, 0.1) is 6.92 Å². The normalized spacial score (nSPS) is 17.5. The van der Waals surface area contributed by atoms with Crippen LogP contribution >= 0.6 is 15.9 Å². The molecule has 0 radical (unpaired) electrons. The van der Waals surface area contributed by atoms with E-state index in [9.17, 15) is 0 Å². The van der Waals surface area contributed by atoms with E-state index in [2.05, 4.69) is 58.1 Å². The molecule has 18 heavy (non-hydrogen) atoms. The first-order valence-corrected chi connectivity index (χ1v) is 7.32. The van der Waals surface area contributed by atoms with Crippen molar-refractivity contribution in [3.05, 3.63) is 46.2 Å². The quantitative estimate of drug-likeness (QED) is 0.830. The summed E-state index contributed by atoms with van der Waals surface area (Å²) in [6, 6.07) is 6.34. The Morgan fingerprint density at radius 1 is 1.22 bits per heavy atom. The lowest BCUT2D eigenvalue weighted by molar-refractivity contribution is 0.255. The average Bonchev–Trinajstić information content (AvgIpc) is 2.44. The van der Waals surface area contributed by atoms with Gasteiger partial charge in [0.15, 0.2) is 0 Å². The Kier molecular flexibility index (Phi) is 4.84. The number of aromatic amines is 1. The summed E-state index contributed by atoms with van der Waals surface area (Å²) in [4.78, 5) is 5.69. The third-order valence-electron chi connectivity index (χ3n) is 3.68. The van der Waals surface area contributed by atoms with Gasteiger partial charge in [0.05, 0.1) is 0 Å². The molecule has 1 aromatic heterocycles. The molecule has 1 N–H and O–H groups in total. The zero-order valence-corrected chi connectivity index (χ0v) is 12.7. The molecule has 0 amide bonds. The molecule has 1 aliphatic rings. The maximum atomic E-state index is 3.52. The number of aryl methyl sites for hydroxylation is 1. The number of piperidine rings is 1. The lowest BCUT2D eigenvalue weighted by Gasteiger charge is -2.29. The van der Waals surface area contributed by atoms with Crippen LogP contribution in [0.5, 0.6) is 0 Å². The van der Waals surface area contributed by atoms with E-state index >= 15 is 0 Å². The fourth-order valence-electron chi connectivity index (χ4n) is 2.50. The highest BCUT2D eigenvalue weighted by Gasteiger charge is 2.18. The summed E-state index contributed by atoms with van der Waals surface area (Å²) in [6.07, 6.45) is 6.65. The molecule has 2 nitrogen and oxygen atoms in total. The summed E-state index contributed by atoms with van der Waals surface area (Å²) in [5, 5.41) is 0. The fraction of sp³-hybridized carbons (Fsp3) is 0.467. The Hall–Kier alpha value is -0.800. The first-order valence-electron chi connectivity index (χ1n) is 6.52. The van der Waals surface area contributed by atoms with Gasteiger partial charge in [-0.2, -0.15) is 0 Å². The summed E-state index contributed by atoms with van der Waals surface area (Å²) in [7, 11) is 2.21. The van der Waals surface area contributed by atoms with Crippen molar-refractivity contribution >= 4 is 15.9 Å². The standard InChI is InChI=1S/C15H21BrN2/c1-12-3-4-14(16)5-8-17-11-15(12)13-6-9-18(2)10-7-13/h3-5,8,11,13,17H,6-7,9-10H2,1-2H3. The zero-order chi connectivity index (χ0) is 13.0. The number of nitrogens with zero attached hydrogens (tertiary/aromatic N) is 1. The van der Waals surface area contributed by atoms with Crippen LogP contribution in [0.25, 0.3) is 0 Å². The fourth-order valence-corrected chi connectivity index (χ4v) is 2.76. The number of likely N-dealkylation sites (tertiary alicyclic amines) is 1. The molecular weight excluding hydrogens is 288 g/mol. The molecule has 1 saturated heterocycles. The van der Waals surface area contributed by atoms with Crippen molar-refractivity contribution in [1.29, 1.82) is 0 Å². The molecule has 1 fully saturated rings. The molecule has 1 aromatic rings. The number of aromatic nitrogens is 1. The van der Waals surface area contributed by atoms with Crippen molar-refractivity contribution in [2.24, 2.45) is 0 Å². The first kappa shape index (κ1) is 13.6. The number of hydrogen-bond donors (Lipinski definition) is 1. The number of halogens is 1. The molecule has 0 aliphatic carbocycles. The highest BCUT2D eigenvalue weighted by atomic mass is 79.9. The smallest absolute Gasteiger partial charge is 0.0189 e. The first-order chi connectivity index (χ1) is 8.66. The van der Waals surface area contributed by atoms with Crippen LogP contribution in [0.3, 0.4) is 0 Å². The van der Waals surface area contributed by atoms with Gasteiger partial charge in [-0.3, -0.25) is 0 Å². The maximum Gasteiger partial charge on any atom is 0.0189 e. The van der Waals surface area contributed by atoms with Crippen LogP contribution in [0.15, 0.2) is 35.1 Å². The van der Waals surface area contributed by atoms with Crippen molar-refractivity contribution < 1.29 is 0 Å². The molecule has 0 unspecified atom stereocenters. The van der Waals surface area contributed by atoms with Gasteiger partial charge in [-0.1, -0.05) is 22.0 Å². The molecule has 2 rings (SSSR count). The lowest BCUT2D eigenvalue weighted by atomic mass is 9.88. The monoisotopic (exact) mass is 308 g/mol. The predicted molar refractivity (Wildman–Crippen MR) is 80.3 cm³/mol. The van der Waals surface area contributed by atoms with Crippen LogP contribution in [-0.2, 0) is 0 Å².